The van der Waals surface area contributed by atoms with E-state index in [1.165, 1.54) is 29.4 Å². The number of rotatable bonds is 6. The lowest BCUT2D eigenvalue weighted by molar-refractivity contribution is -0.141. The second-order valence-corrected chi connectivity index (χ2v) is 10.9. The molecule has 2 fully saturated rings. The molecule has 3 aromatic heterocycles. The molecule has 4 aromatic rings. The fraction of sp³-hybridized carbons (Fsp3) is 0.321. The van der Waals surface area contributed by atoms with Crippen molar-refractivity contribution in [3.63, 3.8) is 0 Å². The van der Waals surface area contributed by atoms with E-state index >= 15 is 0 Å². The Morgan fingerprint density at radius 1 is 1.02 bits per heavy atom. The fourth-order valence-corrected chi connectivity index (χ4v) is 5.12. The highest BCUT2D eigenvalue weighted by molar-refractivity contribution is 5.95. The third kappa shape index (κ3) is 5.17. The number of alkyl halides is 3. The zero-order valence-electron chi connectivity index (χ0n) is 22.3. The maximum absolute atomic E-state index is 13.9. The minimum absolute atomic E-state index is 0.0992. The van der Waals surface area contributed by atoms with E-state index in [2.05, 4.69) is 20.1 Å². The van der Waals surface area contributed by atoms with Gasteiger partial charge in [-0.1, -0.05) is 0 Å². The number of hydrogen-bond acceptors (Lipinski definition) is 7. The molecule has 1 saturated carbocycles. The molecule has 42 heavy (non-hydrogen) atoms. The molecule has 14 heteroatoms. The molecular formula is C28H24F5N7O2. The summed E-state index contributed by atoms with van der Waals surface area (Å²) < 4.78 is 75.7. The summed E-state index contributed by atoms with van der Waals surface area (Å²) in [5.41, 5.74) is 4.90. The number of likely N-dealkylation sites (tertiary alicyclic amines) is 1. The van der Waals surface area contributed by atoms with Gasteiger partial charge in [-0.25, -0.2) is 28.4 Å². The van der Waals surface area contributed by atoms with Gasteiger partial charge in [0.25, 0.3) is 5.91 Å². The number of piperidine rings is 1. The van der Waals surface area contributed by atoms with Crippen LogP contribution in [0.1, 0.15) is 35.5 Å². The summed E-state index contributed by atoms with van der Waals surface area (Å²) in [5, 5.41) is 3.55. The largest absolute Gasteiger partial charge is 0.474 e. The standard InChI is InChI=1S/C28H24F5N7O2/c1-27(2,34)15-9-21(14-4-5-19(29)20(30)8-14)37-22(10-15)42-23-16-11-39(12-17(16)23)25(41)18-13-40(26-35-6-3-7-36-26)38-24(18)28(31,32)33/h3-10,13,16-17,23H,11-12,34H2,1-2H3/t16-,17+,23?. The predicted molar refractivity (Wildman–Crippen MR) is 138 cm³/mol. The van der Waals surface area contributed by atoms with E-state index in [1.54, 1.807) is 26.0 Å². The Kier molecular flexibility index (Phi) is 6.48. The number of amides is 1. The van der Waals surface area contributed by atoms with Crippen LogP contribution >= 0.6 is 0 Å². The van der Waals surface area contributed by atoms with Crippen LogP contribution in [0.3, 0.4) is 0 Å². The van der Waals surface area contributed by atoms with E-state index < -0.39 is 40.5 Å². The van der Waals surface area contributed by atoms with Crippen molar-refractivity contribution >= 4 is 5.91 Å². The molecular weight excluding hydrogens is 561 g/mol. The third-order valence-electron chi connectivity index (χ3n) is 7.39. The molecule has 1 amide bonds. The van der Waals surface area contributed by atoms with Gasteiger partial charge in [0, 0.05) is 60.7 Å². The molecule has 0 spiro atoms. The Morgan fingerprint density at radius 3 is 2.33 bits per heavy atom. The highest BCUT2D eigenvalue weighted by atomic mass is 19.4. The summed E-state index contributed by atoms with van der Waals surface area (Å²) in [5.74, 6) is -2.95. The number of halogens is 5. The molecule has 1 aliphatic carbocycles. The van der Waals surface area contributed by atoms with Gasteiger partial charge in [0.05, 0.1) is 11.3 Å². The van der Waals surface area contributed by atoms with Gasteiger partial charge in [-0.05, 0) is 49.7 Å². The van der Waals surface area contributed by atoms with Crippen molar-refractivity contribution in [1.82, 2.24) is 29.6 Å². The fourth-order valence-electron chi connectivity index (χ4n) is 5.12. The van der Waals surface area contributed by atoms with Crippen LogP contribution in [0.5, 0.6) is 5.88 Å². The van der Waals surface area contributed by atoms with Crippen LogP contribution in [-0.4, -0.2) is 54.7 Å². The van der Waals surface area contributed by atoms with E-state index in [9.17, 15) is 26.7 Å². The van der Waals surface area contributed by atoms with Crippen molar-refractivity contribution < 1.29 is 31.5 Å². The van der Waals surface area contributed by atoms with Crippen molar-refractivity contribution in [2.45, 2.75) is 31.7 Å². The first-order valence-electron chi connectivity index (χ1n) is 13.0. The van der Waals surface area contributed by atoms with Crippen molar-refractivity contribution in [2.24, 2.45) is 17.6 Å². The smallest absolute Gasteiger partial charge is 0.435 e. The number of ether oxygens (including phenoxy) is 1. The molecule has 6 rings (SSSR count). The number of nitrogens with two attached hydrogens (primary N) is 1. The van der Waals surface area contributed by atoms with Crippen LogP contribution in [0.4, 0.5) is 22.0 Å². The van der Waals surface area contributed by atoms with Crippen molar-refractivity contribution in [3.05, 3.63) is 83.4 Å². The zero-order chi connectivity index (χ0) is 30.0. The van der Waals surface area contributed by atoms with Crippen LogP contribution in [0.25, 0.3) is 17.2 Å². The summed E-state index contributed by atoms with van der Waals surface area (Å²) in [7, 11) is 0. The van der Waals surface area contributed by atoms with Crippen LogP contribution < -0.4 is 10.5 Å². The minimum Gasteiger partial charge on any atom is -0.474 e. The van der Waals surface area contributed by atoms with Gasteiger partial charge < -0.3 is 15.4 Å². The van der Waals surface area contributed by atoms with Gasteiger partial charge in [0.1, 0.15) is 6.10 Å². The molecule has 3 atom stereocenters. The Hall–Kier alpha value is -4.46. The third-order valence-corrected chi connectivity index (χ3v) is 7.39. The normalized spacial score (nSPS) is 20.0. The first-order valence-corrected chi connectivity index (χ1v) is 13.0. The second kappa shape index (κ2) is 9.82. The highest BCUT2D eigenvalue weighted by Gasteiger charge is 2.59. The van der Waals surface area contributed by atoms with E-state index in [0.29, 0.717) is 16.8 Å². The topological polar surface area (TPSA) is 112 Å². The van der Waals surface area contributed by atoms with Gasteiger partial charge >= 0.3 is 6.18 Å². The van der Waals surface area contributed by atoms with E-state index in [4.69, 9.17) is 10.5 Å². The molecule has 1 aromatic carbocycles. The number of aromatic nitrogens is 5. The van der Waals surface area contributed by atoms with E-state index in [1.807, 2.05) is 0 Å². The van der Waals surface area contributed by atoms with Crippen molar-refractivity contribution in [1.29, 1.82) is 0 Å². The Balaban J connectivity index is 1.20. The number of hydrogen-bond donors (Lipinski definition) is 1. The molecule has 9 nitrogen and oxygen atoms in total. The molecule has 2 aliphatic rings. The average molecular weight is 586 g/mol. The average Bonchev–Trinajstić information content (AvgIpc) is 3.29. The SMILES string of the molecule is CC(C)(N)c1cc(OC2[C@H]3CN(C(=O)c4cn(-c5ncccn5)nc4C(F)(F)F)C[C@@H]23)nc(-c2ccc(F)c(F)c2)c1. The van der Waals surface area contributed by atoms with Gasteiger partial charge in [-0.15, -0.1) is 0 Å². The molecule has 2 N–H and O–H groups in total. The zero-order valence-corrected chi connectivity index (χ0v) is 22.3. The number of benzene rings is 1. The Labute approximate surface area is 236 Å². The summed E-state index contributed by atoms with van der Waals surface area (Å²) in [6, 6.07) is 8.28. The molecule has 1 unspecified atom stereocenters. The van der Waals surface area contributed by atoms with Crippen LogP contribution in [0.15, 0.2) is 55.0 Å². The lowest BCUT2D eigenvalue weighted by Crippen LogP contribution is -2.34. The molecule has 1 saturated heterocycles. The van der Waals surface area contributed by atoms with E-state index in [-0.39, 0.29) is 42.9 Å². The van der Waals surface area contributed by atoms with Crippen LogP contribution in [-0.2, 0) is 11.7 Å². The summed E-state index contributed by atoms with van der Waals surface area (Å²) in [4.78, 5) is 26.8. The minimum atomic E-state index is -4.86. The molecule has 0 bridgehead atoms. The predicted octanol–water partition coefficient (Wildman–Crippen LogP) is 4.36. The van der Waals surface area contributed by atoms with Gasteiger partial charge in [0.15, 0.2) is 17.3 Å². The summed E-state index contributed by atoms with van der Waals surface area (Å²) in [6.07, 6.45) is -1.50. The monoisotopic (exact) mass is 585 g/mol. The lowest BCUT2D eigenvalue weighted by Gasteiger charge is -2.22. The highest BCUT2D eigenvalue weighted by Crippen LogP contribution is 2.48. The quantitative estimate of drug-likeness (QED) is 0.335. The number of fused-ring (bicyclic) bond motifs is 1. The first-order chi connectivity index (χ1) is 19.8. The number of nitrogens with zero attached hydrogens (tertiary/aromatic N) is 6. The van der Waals surface area contributed by atoms with Crippen LogP contribution in [0, 0.1) is 23.5 Å². The summed E-state index contributed by atoms with van der Waals surface area (Å²) in [6.45, 7) is 3.91. The van der Waals surface area contributed by atoms with Crippen molar-refractivity contribution in [3.8, 4) is 23.1 Å². The van der Waals surface area contributed by atoms with Gasteiger partial charge in [0.2, 0.25) is 11.8 Å². The maximum atomic E-state index is 13.9. The Morgan fingerprint density at radius 2 is 1.71 bits per heavy atom. The Bertz CT molecular complexity index is 1660. The number of carbonyl (C=O) groups excluding carboxylic acids is 1. The molecule has 0 radical (unpaired) electrons. The van der Waals surface area contributed by atoms with E-state index in [0.717, 1.165) is 23.0 Å². The van der Waals surface area contributed by atoms with Gasteiger partial charge in [-0.2, -0.15) is 18.3 Å². The number of carbonyl (C=O) groups is 1. The molecule has 4 heterocycles. The van der Waals surface area contributed by atoms with Crippen molar-refractivity contribution in [2.75, 3.05) is 13.1 Å². The lowest BCUT2D eigenvalue weighted by atomic mass is 9.95. The number of pyridine rings is 1. The van der Waals surface area contributed by atoms with Crippen LogP contribution in [0.2, 0.25) is 0 Å². The second-order valence-electron chi connectivity index (χ2n) is 10.9. The summed E-state index contributed by atoms with van der Waals surface area (Å²) >= 11 is 0. The first kappa shape index (κ1) is 27.7. The molecule has 1 aliphatic heterocycles. The maximum Gasteiger partial charge on any atom is 0.435 e. The van der Waals surface area contributed by atoms with Gasteiger partial charge in [-0.3, -0.25) is 4.79 Å². The molecule has 218 valence electrons.